The van der Waals surface area contributed by atoms with Gasteiger partial charge in [0.1, 0.15) is 6.04 Å². The van der Waals surface area contributed by atoms with Gasteiger partial charge in [0.2, 0.25) is 5.91 Å². The second-order valence-corrected chi connectivity index (χ2v) is 7.32. The van der Waals surface area contributed by atoms with E-state index < -0.39 is 17.8 Å². The summed E-state index contributed by atoms with van der Waals surface area (Å²) in [5.74, 6) is -0.151. The number of alkyl halides is 3. The minimum Gasteiger partial charge on any atom is -0.358 e. The second kappa shape index (κ2) is 10.3. The highest BCUT2D eigenvalue weighted by Gasteiger charge is 2.30. The van der Waals surface area contributed by atoms with Crippen LogP contribution in [0.1, 0.15) is 40.8 Å². The molecule has 31 heavy (non-hydrogen) atoms. The third-order valence-electron chi connectivity index (χ3n) is 5.21. The molecule has 1 amide bonds. The Kier molecular flexibility index (Phi) is 7.47. The van der Waals surface area contributed by atoms with Gasteiger partial charge in [0.25, 0.3) is 0 Å². The molecule has 0 aromatic heterocycles. The fourth-order valence-electron chi connectivity index (χ4n) is 3.52. The van der Waals surface area contributed by atoms with Crippen molar-refractivity contribution < 1.29 is 18.0 Å². The van der Waals surface area contributed by atoms with Crippen molar-refractivity contribution in [3.8, 4) is 0 Å². The largest absolute Gasteiger partial charge is 0.416 e. The van der Waals surface area contributed by atoms with Gasteiger partial charge in [-0.2, -0.15) is 13.2 Å². The van der Waals surface area contributed by atoms with E-state index in [1.807, 2.05) is 60.7 Å². The highest BCUT2D eigenvalue weighted by atomic mass is 19.4. The third kappa shape index (κ3) is 6.18. The molecule has 0 bridgehead atoms. The monoisotopic (exact) mass is 426 g/mol. The Morgan fingerprint density at radius 1 is 0.839 bits per heavy atom. The molecule has 0 heterocycles. The molecule has 0 saturated heterocycles. The first kappa shape index (κ1) is 22.6. The minimum atomic E-state index is -4.34. The molecule has 2 atom stereocenters. The minimum absolute atomic E-state index is 0.151. The van der Waals surface area contributed by atoms with Crippen molar-refractivity contribution in [2.45, 2.75) is 31.1 Å². The van der Waals surface area contributed by atoms with Crippen LogP contribution in [0.2, 0.25) is 0 Å². The Labute approximate surface area is 180 Å². The van der Waals surface area contributed by atoms with Crippen LogP contribution in [-0.4, -0.2) is 13.0 Å². The molecule has 0 aliphatic rings. The molecule has 3 rings (SSSR count). The number of hydrogen-bond acceptors (Lipinski definition) is 2. The van der Waals surface area contributed by atoms with Crippen LogP contribution in [0.25, 0.3) is 0 Å². The highest BCUT2D eigenvalue weighted by Crippen LogP contribution is 2.30. The SMILES string of the molecule is CNC(=O)C(N[C@@H](CCc1ccc(C(F)(F)F)cc1)c1ccccc1)c1ccccc1. The van der Waals surface area contributed by atoms with Crippen molar-refractivity contribution in [3.05, 3.63) is 107 Å². The zero-order valence-corrected chi connectivity index (χ0v) is 17.2. The van der Waals surface area contributed by atoms with E-state index in [4.69, 9.17) is 0 Å². The van der Waals surface area contributed by atoms with Crippen molar-refractivity contribution in [1.82, 2.24) is 10.6 Å². The van der Waals surface area contributed by atoms with E-state index in [2.05, 4.69) is 10.6 Å². The summed E-state index contributed by atoms with van der Waals surface area (Å²) in [6, 6.07) is 23.7. The molecule has 0 saturated carbocycles. The molecule has 0 aliphatic carbocycles. The maximum atomic E-state index is 12.8. The lowest BCUT2D eigenvalue weighted by molar-refractivity contribution is -0.137. The normalized spacial score (nSPS) is 13.4. The summed E-state index contributed by atoms with van der Waals surface area (Å²) in [7, 11) is 1.60. The summed E-state index contributed by atoms with van der Waals surface area (Å²) < 4.78 is 38.5. The Morgan fingerprint density at radius 2 is 1.39 bits per heavy atom. The molecular weight excluding hydrogens is 401 g/mol. The summed E-state index contributed by atoms with van der Waals surface area (Å²) in [4.78, 5) is 12.6. The Bertz CT molecular complexity index is 958. The lowest BCUT2D eigenvalue weighted by atomic mass is 9.96. The molecule has 162 valence electrons. The highest BCUT2D eigenvalue weighted by molar-refractivity contribution is 5.83. The number of carbonyl (C=O) groups is 1. The van der Waals surface area contributed by atoms with Gasteiger partial charge >= 0.3 is 6.18 Å². The first-order valence-electron chi connectivity index (χ1n) is 10.1. The quantitative estimate of drug-likeness (QED) is 0.503. The number of hydrogen-bond donors (Lipinski definition) is 2. The standard InChI is InChI=1S/C25H25F3N2O/c1-29-24(31)23(20-10-6-3-7-11-20)30-22(19-8-4-2-5-9-19)17-14-18-12-15-21(16-13-18)25(26,27)28/h2-13,15-16,22-23,30H,14,17H2,1H3,(H,29,31)/t22-,23?/m0/s1. The van der Waals surface area contributed by atoms with Gasteiger partial charge < -0.3 is 5.32 Å². The number of benzene rings is 3. The van der Waals surface area contributed by atoms with Crippen molar-refractivity contribution >= 4 is 5.91 Å². The Morgan fingerprint density at radius 3 is 1.90 bits per heavy atom. The van der Waals surface area contributed by atoms with E-state index in [0.717, 1.165) is 28.8 Å². The summed E-state index contributed by atoms with van der Waals surface area (Å²) >= 11 is 0. The van der Waals surface area contributed by atoms with Gasteiger partial charge in [-0.1, -0.05) is 72.8 Å². The average molecular weight is 426 g/mol. The van der Waals surface area contributed by atoms with Crippen LogP contribution < -0.4 is 10.6 Å². The summed E-state index contributed by atoms with van der Waals surface area (Å²) in [6.07, 6.45) is -3.15. The van der Waals surface area contributed by atoms with Crippen LogP contribution in [0.15, 0.2) is 84.9 Å². The third-order valence-corrected chi connectivity index (χ3v) is 5.21. The molecule has 3 aromatic carbocycles. The molecule has 0 fully saturated rings. The first-order chi connectivity index (χ1) is 14.9. The van der Waals surface area contributed by atoms with E-state index in [1.54, 1.807) is 7.05 Å². The van der Waals surface area contributed by atoms with Crippen LogP contribution in [0, 0.1) is 0 Å². The summed E-state index contributed by atoms with van der Waals surface area (Å²) in [5.41, 5.74) is 2.02. The fourth-order valence-corrected chi connectivity index (χ4v) is 3.52. The molecule has 3 aromatic rings. The molecular formula is C25H25F3N2O. The molecule has 3 nitrogen and oxygen atoms in total. The topological polar surface area (TPSA) is 41.1 Å². The maximum Gasteiger partial charge on any atom is 0.416 e. The number of rotatable bonds is 8. The predicted octanol–water partition coefficient (Wildman–Crippen LogP) is 5.46. The van der Waals surface area contributed by atoms with Gasteiger partial charge in [-0.05, 0) is 41.7 Å². The van der Waals surface area contributed by atoms with Crippen LogP contribution in [-0.2, 0) is 17.4 Å². The van der Waals surface area contributed by atoms with Gasteiger partial charge in [0.15, 0.2) is 0 Å². The molecule has 2 N–H and O–H groups in total. The lowest BCUT2D eigenvalue weighted by Crippen LogP contribution is -2.38. The molecule has 0 aliphatic heterocycles. The van der Waals surface area contributed by atoms with Crippen molar-refractivity contribution in [2.24, 2.45) is 0 Å². The van der Waals surface area contributed by atoms with Crippen LogP contribution in [0.3, 0.4) is 0 Å². The van der Waals surface area contributed by atoms with Crippen LogP contribution >= 0.6 is 0 Å². The zero-order valence-electron chi connectivity index (χ0n) is 17.2. The van der Waals surface area contributed by atoms with E-state index in [9.17, 15) is 18.0 Å². The molecule has 0 spiro atoms. The number of carbonyl (C=O) groups excluding carboxylic acids is 1. The Hall–Kier alpha value is -3.12. The average Bonchev–Trinajstić information content (AvgIpc) is 2.79. The zero-order chi connectivity index (χ0) is 22.3. The number of nitrogens with one attached hydrogen (secondary N) is 2. The molecule has 6 heteroatoms. The number of aryl methyl sites for hydroxylation is 1. The van der Waals surface area contributed by atoms with E-state index in [0.29, 0.717) is 12.8 Å². The van der Waals surface area contributed by atoms with Crippen LogP contribution in [0.4, 0.5) is 13.2 Å². The fraction of sp³-hybridized carbons (Fsp3) is 0.240. The lowest BCUT2D eigenvalue weighted by Gasteiger charge is -2.26. The van der Waals surface area contributed by atoms with E-state index >= 15 is 0 Å². The van der Waals surface area contributed by atoms with Crippen molar-refractivity contribution in [3.63, 3.8) is 0 Å². The van der Waals surface area contributed by atoms with Gasteiger partial charge in [0, 0.05) is 13.1 Å². The Balaban J connectivity index is 1.81. The molecule has 0 radical (unpaired) electrons. The number of halogens is 3. The second-order valence-electron chi connectivity index (χ2n) is 7.32. The van der Waals surface area contributed by atoms with Crippen molar-refractivity contribution in [2.75, 3.05) is 7.05 Å². The smallest absolute Gasteiger partial charge is 0.358 e. The molecule has 1 unspecified atom stereocenters. The first-order valence-corrected chi connectivity index (χ1v) is 10.1. The van der Waals surface area contributed by atoms with Gasteiger partial charge in [-0.25, -0.2) is 0 Å². The predicted molar refractivity (Wildman–Crippen MR) is 115 cm³/mol. The number of amides is 1. The number of likely N-dealkylation sites (N-methyl/N-ethyl adjacent to an activating group) is 1. The summed E-state index contributed by atoms with van der Waals surface area (Å²) in [6.45, 7) is 0. The van der Waals surface area contributed by atoms with Gasteiger partial charge in [0.05, 0.1) is 5.56 Å². The van der Waals surface area contributed by atoms with Crippen LogP contribution in [0.5, 0.6) is 0 Å². The summed E-state index contributed by atoms with van der Waals surface area (Å²) in [5, 5.41) is 6.16. The maximum absolute atomic E-state index is 12.8. The van der Waals surface area contributed by atoms with E-state index in [1.165, 1.54) is 12.1 Å². The van der Waals surface area contributed by atoms with E-state index in [-0.39, 0.29) is 11.9 Å². The van der Waals surface area contributed by atoms with Gasteiger partial charge in [-0.15, -0.1) is 0 Å². The van der Waals surface area contributed by atoms with Gasteiger partial charge in [-0.3, -0.25) is 10.1 Å². The van der Waals surface area contributed by atoms with Crippen molar-refractivity contribution in [1.29, 1.82) is 0 Å².